The summed E-state index contributed by atoms with van der Waals surface area (Å²) in [7, 11) is 1.68. The normalized spacial score (nSPS) is 24.2. The lowest BCUT2D eigenvalue weighted by atomic mass is 9.99. The molecule has 1 unspecified atom stereocenters. The number of ketones is 1. The lowest BCUT2D eigenvalue weighted by Crippen LogP contribution is -2.51. The Hall–Kier alpha value is -1.39. The van der Waals surface area contributed by atoms with Gasteiger partial charge in [0.05, 0.1) is 18.8 Å². The molecule has 1 heterocycles. The van der Waals surface area contributed by atoms with Gasteiger partial charge >= 0.3 is 0 Å². The summed E-state index contributed by atoms with van der Waals surface area (Å²) in [6.45, 7) is 9.91. The third-order valence-electron chi connectivity index (χ3n) is 3.44. The summed E-state index contributed by atoms with van der Waals surface area (Å²) < 4.78 is 5.24. The van der Waals surface area contributed by atoms with Crippen LogP contribution >= 0.6 is 0 Å². The quantitative estimate of drug-likeness (QED) is 0.589. The van der Waals surface area contributed by atoms with Gasteiger partial charge in [-0.3, -0.25) is 4.79 Å². The second-order valence-electron chi connectivity index (χ2n) is 4.90. The SMILES string of the molecule is C=CC(=O)/C(C)=C/C(=C)N1C(COC)CCC[C@H]1N. The lowest BCUT2D eigenvalue weighted by Gasteiger charge is -2.42. The number of carbonyl (C=O) groups is 1. The van der Waals surface area contributed by atoms with Crippen LogP contribution in [0, 0.1) is 0 Å². The zero-order valence-corrected chi connectivity index (χ0v) is 11.9. The molecule has 0 saturated carbocycles. The fraction of sp³-hybridized carbons (Fsp3) is 0.533. The second kappa shape index (κ2) is 7.26. The first-order valence-corrected chi connectivity index (χ1v) is 6.58. The van der Waals surface area contributed by atoms with Gasteiger partial charge in [0.15, 0.2) is 5.78 Å². The molecule has 106 valence electrons. The summed E-state index contributed by atoms with van der Waals surface area (Å²) in [5.74, 6) is -0.0879. The lowest BCUT2D eigenvalue weighted by molar-refractivity contribution is -0.111. The maximum Gasteiger partial charge on any atom is 0.181 e. The van der Waals surface area contributed by atoms with E-state index in [1.165, 1.54) is 6.08 Å². The zero-order valence-electron chi connectivity index (χ0n) is 11.9. The number of piperidine rings is 1. The average Bonchev–Trinajstić information content (AvgIpc) is 2.38. The molecule has 4 nitrogen and oxygen atoms in total. The molecule has 1 fully saturated rings. The molecule has 19 heavy (non-hydrogen) atoms. The van der Waals surface area contributed by atoms with Crippen LogP contribution in [-0.2, 0) is 9.53 Å². The summed E-state index contributed by atoms with van der Waals surface area (Å²) in [5.41, 5.74) is 7.55. The zero-order chi connectivity index (χ0) is 14.4. The van der Waals surface area contributed by atoms with Gasteiger partial charge in [-0.1, -0.05) is 13.2 Å². The Balaban J connectivity index is 2.86. The number of carbonyl (C=O) groups excluding carboxylic acids is 1. The first-order valence-electron chi connectivity index (χ1n) is 6.58. The van der Waals surface area contributed by atoms with Gasteiger partial charge in [0.2, 0.25) is 0 Å². The van der Waals surface area contributed by atoms with E-state index in [-0.39, 0.29) is 18.0 Å². The van der Waals surface area contributed by atoms with Crippen molar-refractivity contribution in [1.82, 2.24) is 4.90 Å². The molecule has 0 spiro atoms. The number of rotatable bonds is 6. The van der Waals surface area contributed by atoms with Crippen molar-refractivity contribution in [2.24, 2.45) is 5.73 Å². The predicted octanol–water partition coefficient (Wildman–Crippen LogP) is 1.99. The average molecular weight is 264 g/mol. The Bertz CT molecular complexity index is 386. The van der Waals surface area contributed by atoms with E-state index in [0.29, 0.717) is 12.2 Å². The molecular weight excluding hydrogens is 240 g/mol. The van der Waals surface area contributed by atoms with Crippen molar-refractivity contribution in [2.45, 2.75) is 38.4 Å². The van der Waals surface area contributed by atoms with Crippen molar-refractivity contribution in [3.8, 4) is 0 Å². The first-order chi connectivity index (χ1) is 9.01. The summed E-state index contributed by atoms with van der Waals surface area (Å²) in [5, 5.41) is 0. The standard InChI is InChI=1S/C15H24N2O2/c1-5-14(18)11(2)9-12(3)17-13(10-19-4)7-6-8-15(17)16/h5,9,13,15H,1,3,6-8,10,16H2,2,4H3/b11-9+/t13?,15-/m0/s1. The molecule has 0 radical (unpaired) electrons. The van der Waals surface area contributed by atoms with Gasteiger partial charge in [-0.05, 0) is 43.9 Å². The van der Waals surface area contributed by atoms with E-state index in [4.69, 9.17) is 10.5 Å². The Kier molecular flexibility index (Phi) is 5.99. The molecule has 2 N–H and O–H groups in total. The van der Waals surface area contributed by atoms with Crippen LogP contribution in [0.5, 0.6) is 0 Å². The second-order valence-corrected chi connectivity index (χ2v) is 4.90. The number of methoxy groups -OCH3 is 1. The van der Waals surface area contributed by atoms with Crippen LogP contribution < -0.4 is 5.73 Å². The molecule has 1 saturated heterocycles. The number of allylic oxidation sites excluding steroid dienone is 3. The van der Waals surface area contributed by atoms with Gasteiger partial charge in [-0.15, -0.1) is 0 Å². The third kappa shape index (κ3) is 4.04. The van der Waals surface area contributed by atoms with Crippen LogP contribution in [0.4, 0.5) is 0 Å². The van der Waals surface area contributed by atoms with Gasteiger partial charge in [-0.2, -0.15) is 0 Å². The molecule has 0 aromatic heterocycles. The highest BCUT2D eigenvalue weighted by Gasteiger charge is 2.28. The predicted molar refractivity (Wildman–Crippen MR) is 77.4 cm³/mol. The summed E-state index contributed by atoms with van der Waals surface area (Å²) in [6.07, 6.45) is 6.07. The van der Waals surface area contributed by atoms with E-state index >= 15 is 0 Å². The largest absolute Gasteiger partial charge is 0.383 e. The van der Waals surface area contributed by atoms with Crippen LogP contribution in [-0.4, -0.2) is 36.6 Å². The molecular formula is C15H24N2O2. The molecule has 1 rings (SSSR count). The van der Waals surface area contributed by atoms with Gasteiger partial charge < -0.3 is 15.4 Å². The maximum absolute atomic E-state index is 11.5. The Morgan fingerprint density at radius 3 is 2.79 bits per heavy atom. The van der Waals surface area contributed by atoms with Crippen LogP contribution in [0.15, 0.2) is 36.6 Å². The van der Waals surface area contributed by atoms with Gasteiger partial charge in [0, 0.05) is 12.8 Å². The fourth-order valence-corrected chi connectivity index (χ4v) is 2.47. The molecule has 0 aliphatic carbocycles. The Morgan fingerprint density at radius 1 is 1.53 bits per heavy atom. The van der Waals surface area contributed by atoms with Crippen molar-refractivity contribution < 1.29 is 9.53 Å². The van der Waals surface area contributed by atoms with Gasteiger partial charge in [0.1, 0.15) is 0 Å². The van der Waals surface area contributed by atoms with E-state index in [0.717, 1.165) is 25.0 Å². The molecule has 0 amide bonds. The highest BCUT2D eigenvalue weighted by molar-refractivity contribution is 6.03. The van der Waals surface area contributed by atoms with E-state index in [2.05, 4.69) is 18.1 Å². The minimum atomic E-state index is -0.0879. The van der Waals surface area contributed by atoms with E-state index < -0.39 is 0 Å². The van der Waals surface area contributed by atoms with Gasteiger partial charge in [0.25, 0.3) is 0 Å². The summed E-state index contributed by atoms with van der Waals surface area (Å²) in [6, 6.07) is 0.226. The third-order valence-corrected chi connectivity index (χ3v) is 3.44. The maximum atomic E-state index is 11.5. The Labute approximate surface area is 115 Å². The monoisotopic (exact) mass is 264 g/mol. The highest BCUT2D eigenvalue weighted by Crippen LogP contribution is 2.25. The minimum absolute atomic E-state index is 0.0655. The minimum Gasteiger partial charge on any atom is -0.383 e. The van der Waals surface area contributed by atoms with Gasteiger partial charge in [-0.25, -0.2) is 0 Å². The number of hydrogen-bond donors (Lipinski definition) is 1. The molecule has 0 aromatic rings. The summed E-state index contributed by atoms with van der Waals surface area (Å²) in [4.78, 5) is 13.6. The van der Waals surface area contributed by atoms with Crippen LogP contribution in [0.25, 0.3) is 0 Å². The number of nitrogens with two attached hydrogens (primary N) is 1. The topological polar surface area (TPSA) is 55.6 Å². The number of ether oxygens (including phenoxy) is 1. The molecule has 2 atom stereocenters. The van der Waals surface area contributed by atoms with Crippen molar-refractivity contribution in [1.29, 1.82) is 0 Å². The fourth-order valence-electron chi connectivity index (χ4n) is 2.47. The number of likely N-dealkylation sites (tertiary alicyclic amines) is 1. The molecule has 0 bridgehead atoms. The molecule has 1 aliphatic heterocycles. The van der Waals surface area contributed by atoms with Crippen molar-refractivity contribution >= 4 is 5.78 Å². The van der Waals surface area contributed by atoms with E-state index in [1.807, 2.05) is 0 Å². The van der Waals surface area contributed by atoms with E-state index in [1.54, 1.807) is 20.1 Å². The number of nitrogens with zero attached hydrogens (tertiary/aromatic N) is 1. The Morgan fingerprint density at radius 2 is 2.21 bits per heavy atom. The van der Waals surface area contributed by atoms with E-state index in [9.17, 15) is 4.79 Å². The molecule has 0 aromatic carbocycles. The van der Waals surface area contributed by atoms with Crippen LogP contribution in [0.2, 0.25) is 0 Å². The first kappa shape index (κ1) is 15.7. The van der Waals surface area contributed by atoms with Crippen molar-refractivity contribution in [2.75, 3.05) is 13.7 Å². The smallest absolute Gasteiger partial charge is 0.181 e. The van der Waals surface area contributed by atoms with Crippen molar-refractivity contribution in [3.63, 3.8) is 0 Å². The highest BCUT2D eigenvalue weighted by atomic mass is 16.5. The molecule has 1 aliphatic rings. The molecule has 4 heteroatoms. The number of hydrogen-bond acceptors (Lipinski definition) is 4. The van der Waals surface area contributed by atoms with Crippen molar-refractivity contribution in [3.05, 3.63) is 36.6 Å². The van der Waals surface area contributed by atoms with Crippen LogP contribution in [0.3, 0.4) is 0 Å². The summed E-state index contributed by atoms with van der Waals surface area (Å²) >= 11 is 0. The van der Waals surface area contributed by atoms with Crippen LogP contribution in [0.1, 0.15) is 26.2 Å².